The van der Waals surface area contributed by atoms with E-state index >= 15 is 0 Å². The van der Waals surface area contributed by atoms with Crippen molar-refractivity contribution >= 4 is 5.91 Å². The fourth-order valence-electron chi connectivity index (χ4n) is 1.26. The summed E-state index contributed by atoms with van der Waals surface area (Å²) in [6, 6.07) is 4.95. The minimum Gasteiger partial charge on any atom is -0.336 e. The van der Waals surface area contributed by atoms with E-state index in [1.54, 1.807) is 18.3 Å². The topological polar surface area (TPSA) is 65.8 Å². The standard InChI is InChI=1S/C12H15N3O/c1-8(2)11(7-13)15-12(16)10-4-5-14-9(3)6-10/h4-6,8,11H,1-3H3,(H,15,16). The van der Waals surface area contributed by atoms with Gasteiger partial charge in [-0.1, -0.05) is 13.8 Å². The average Bonchev–Trinajstić information content (AvgIpc) is 2.25. The van der Waals surface area contributed by atoms with E-state index in [1.807, 2.05) is 20.8 Å². The molecule has 0 aromatic carbocycles. The second kappa shape index (κ2) is 5.26. The van der Waals surface area contributed by atoms with Crippen molar-refractivity contribution < 1.29 is 4.79 Å². The van der Waals surface area contributed by atoms with Crippen LogP contribution in [-0.4, -0.2) is 16.9 Å². The van der Waals surface area contributed by atoms with Crippen molar-refractivity contribution in [3.63, 3.8) is 0 Å². The first kappa shape index (κ1) is 12.2. The van der Waals surface area contributed by atoms with Crippen LogP contribution in [0.3, 0.4) is 0 Å². The van der Waals surface area contributed by atoms with Crippen molar-refractivity contribution in [1.82, 2.24) is 10.3 Å². The monoisotopic (exact) mass is 217 g/mol. The second-order valence-electron chi connectivity index (χ2n) is 4.01. The van der Waals surface area contributed by atoms with Gasteiger partial charge in [0.15, 0.2) is 0 Å². The molecule has 84 valence electrons. The lowest BCUT2D eigenvalue weighted by Gasteiger charge is -2.14. The van der Waals surface area contributed by atoms with E-state index in [2.05, 4.69) is 16.4 Å². The van der Waals surface area contributed by atoms with Gasteiger partial charge in [0.05, 0.1) is 6.07 Å². The van der Waals surface area contributed by atoms with Crippen LogP contribution in [0, 0.1) is 24.2 Å². The first-order chi connectivity index (χ1) is 7.54. The van der Waals surface area contributed by atoms with E-state index in [4.69, 9.17) is 5.26 Å². The van der Waals surface area contributed by atoms with Gasteiger partial charge in [0.25, 0.3) is 5.91 Å². The Kier molecular flexibility index (Phi) is 4.01. The van der Waals surface area contributed by atoms with E-state index in [9.17, 15) is 4.79 Å². The number of nitrogens with one attached hydrogen (secondary N) is 1. The zero-order valence-electron chi connectivity index (χ0n) is 9.69. The van der Waals surface area contributed by atoms with Gasteiger partial charge < -0.3 is 5.32 Å². The quantitative estimate of drug-likeness (QED) is 0.837. The maximum atomic E-state index is 11.8. The highest BCUT2D eigenvalue weighted by atomic mass is 16.1. The minimum absolute atomic E-state index is 0.0943. The molecule has 4 heteroatoms. The van der Waals surface area contributed by atoms with Gasteiger partial charge in [-0.3, -0.25) is 9.78 Å². The molecule has 16 heavy (non-hydrogen) atoms. The summed E-state index contributed by atoms with van der Waals surface area (Å²) < 4.78 is 0. The van der Waals surface area contributed by atoms with Gasteiger partial charge in [-0.25, -0.2) is 0 Å². The molecular weight excluding hydrogens is 202 g/mol. The summed E-state index contributed by atoms with van der Waals surface area (Å²) in [5, 5.41) is 11.6. The first-order valence-corrected chi connectivity index (χ1v) is 5.17. The fraction of sp³-hybridized carbons (Fsp3) is 0.417. The Hall–Kier alpha value is -1.89. The number of nitriles is 1. The number of rotatable bonds is 3. The summed E-state index contributed by atoms with van der Waals surface area (Å²) >= 11 is 0. The van der Waals surface area contributed by atoms with Gasteiger partial charge in [0.1, 0.15) is 6.04 Å². The molecular formula is C12H15N3O. The van der Waals surface area contributed by atoms with Crippen molar-refractivity contribution in [3.05, 3.63) is 29.6 Å². The van der Waals surface area contributed by atoms with Crippen LogP contribution in [0.1, 0.15) is 29.9 Å². The minimum atomic E-state index is -0.457. The van der Waals surface area contributed by atoms with Crippen molar-refractivity contribution in [1.29, 1.82) is 5.26 Å². The van der Waals surface area contributed by atoms with Crippen LogP contribution < -0.4 is 5.32 Å². The molecule has 4 nitrogen and oxygen atoms in total. The number of carbonyl (C=O) groups is 1. The molecule has 0 aliphatic heterocycles. The maximum absolute atomic E-state index is 11.8. The second-order valence-corrected chi connectivity index (χ2v) is 4.01. The highest BCUT2D eigenvalue weighted by Gasteiger charge is 2.16. The van der Waals surface area contributed by atoms with Crippen LogP contribution >= 0.6 is 0 Å². The SMILES string of the molecule is Cc1cc(C(=O)NC(C#N)C(C)C)ccn1. The number of nitrogens with zero attached hydrogens (tertiary/aromatic N) is 2. The zero-order chi connectivity index (χ0) is 12.1. The van der Waals surface area contributed by atoms with Crippen LogP contribution in [0.4, 0.5) is 0 Å². The molecule has 1 atom stereocenters. The van der Waals surface area contributed by atoms with Gasteiger partial charge in [-0.15, -0.1) is 0 Å². The Morgan fingerprint density at radius 1 is 1.56 bits per heavy atom. The van der Waals surface area contributed by atoms with Crippen molar-refractivity contribution in [2.24, 2.45) is 5.92 Å². The summed E-state index contributed by atoms with van der Waals surface area (Å²) in [7, 11) is 0. The highest BCUT2D eigenvalue weighted by molar-refractivity contribution is 5.94. The summed E-state index contributed by atoms with van der Waals surface area (Å²) in [5.74, 6) is -0.136. The molecule has 1 aromatic rings. The lowest BCUT2D eigenvalue weighted by Crippen LogP contribution is -2.37. The van der Waals surface area contributed by atoms with E-state index < -0.39 is 6.04 Å². The smallest absolute Gasteiger partial charge is 0.252 e. The van der Waals surface area contributed by atoms with Crippen LogP contribution in [0.5, 0.6) is 0 Å². The summed E-state index contributed by atoms with van der Waals surface area (Å²) in [6.45, 7) is 5.61. The van der Waals surface area contributed by atoms with Gasteiger partial charge in [0.2, 0.25) is 0 Å². The largest absolute Gasteiger partial charge is 0.336 e. The molecule has 0 fully saturated rings. The number of pyridine rings is 1. The van der Waals surface area contributed by atoms with E-state index in [0.717, 1.165) is 5.69 Å². The zero-order valence-corrected chi connectivity index (χ0v) is 9.69. The third-order valence-electron chi connectivity index (χ3n) is 2.25. The van der Waals surface area contributed by atoms with Crippen LogP contribution in [0.2, 0.25) is 0 Å². The lowest BCUT2D eigenvalue weighted by molar-refractivity contribution is 0.0937. The molecule has 0 bridgehead atoms. The van der Waals surface area contributed by atoms with Crippen LogP contribution in [0.15, 0.2) is 18.3 Å². The molecule has 1 N–H and O–H groups in total. The Morgan fingerprint density at radius 3 is 2.75 bits per heavy atom. The third kappa shape index (κ3) is 3.06. The van der Waals surface area contributed by atoms with Gasteiger partial charge in [-0.05, 0) is 25.0 Å². The van der Waals surface area contributed by atoms with Crippen molar-refractivity contribution in [2.75, 3.05) is 0 Å². The van der Waals surface area contributed by atoms with Crippen LogP contribution in [-0.2, 0) is 0 Å². The molecule has 1 rings (SSSR count). The molecule has 0 radical (unpaired) electrons. The molecule has 0 spiro atoms. The summed E-state index contributed by atoms with van der Waals surface area (Å²) in [6.07, 6.45) is 1.58. The number of amides is 1. The molecule has 1 heterocycles. The summed E-state index contributed by atoms with van der Waals surface area (Å²) in [4.78, 5) is 15.8. The summed E-state index contributed by atoms with van der Waals surface area (Å²) in [5.41, 5.74) is 1.32. The third-order valence-corrected chi connectivity index (χ3v) is 2.25. The number of aromatic nitrogens is 1. The van der Waals surface area contributed by atoms with Gasteiger partial charge >= 0.3 is 0 Å². The highest BCUT2D eigenvalue weighted by Crippen LogP contribution is 2.04. The molecule has 0 saturated heterocycles. The molecule has 1 unspecified atom stereocenters. The first-order valence-electron chi connectivity index (χ1n) is 5.17. The molecule has 1 aromatic heterocycles. The van der Waals surface area contributed by atoms with Gasteiger partial charge in [-0.2, -0.15) is 5.26 Å². The van der Waals surface area contributed by atoms with E-state index in [0.29, 0.717) is 5.56 Å². The van der Waals surface area contributed by atoms with Crippen molar-refractivity contribution in [2.45, 2.75) is 26.8 Å². The van der Waals surface area contributed by atoms with Gasteiger partial charge in [0, 0.05) is 17.5 Å². The Bertz CT molecular complexity index is 421. The molecule has 0 aliphatic rings. The van der Waals surface area contributed by atoms with Crippen LogP contribution in [0.25, 0.3) is 0 Å². The number of hydrogen-bond acceptors (Lipinski definition) is 3. The van der Waals surface area contributed by atoms with E-state index in [-0.39, 0.29) is 11.8 Å². The lowest BCUT2D eigenvalue weighted by atomic mass is 10.1. The van der Waals surface area contributed by atoms with E-state index in [1.165, 1.54) is 0 Å². The molecule has 0 saturated carbocycles. The number of aryl methyl sites for hydroxylation is 1. The maximum Gasteiger partial charge on any atom is 0.252 e. The Labute approximate surface area is 95.3 Å². The Morgan fingerprint density at radius 2 is 2.25 bits per heavy atom. The normalized spacial score (nSPS) is 11.9. The fourth-order valence-corrected chi connectivity index (χ4v) is 1.26. The number of hydrogen-bond donors (Lipinski definition) is 1. The number of carbonyl (C=O) groups excluding carboxylic acids is 1. The Balaban J connectivity index is 2.77. The predicted octanol–water partition coefficient (Wildman–Crippen LogP) is 1.67. The average molecular weight is 217 g/mol. The molecule has 0 aliphatic carbocycles. The predicted molar refractivity (Wildman–Crippen MR) is 60.7 cm³/mol. The van der Waals surface area contributed by atoms with Crippen molar-refractivity contribution in [3.8, 4) is 6.07 Å². The molecule has 1 amide bonds.